The Hall–Kier alpha value is -4.48. The van der Waals surface area contributed by atoms with E-state index in [1.807, 2.05) is 39.8 Å². The SMILES string of the molecule is CC(=O)NCCNc1nc(NC2CCN(CCN3CCC(Nc4nc(NCCS(C)(=O)=O)c5c(C)cc(C)nc5n4)CC3)CC2)nc2nc(C)cc(C)c12. The van der Waals surface area contributed by atoms with Crippen molar-refractivity contribution < 1.29 is 13.2 Å². The van der Waals surface area contributed by atoms with Crippen LogP contribution >= 0.6 is 0 Å². The summed E-state index contributed by atoms with van der Waals surface area (Å²) in [6.45, 7) is 16.9. The third-order valence-electron chi connectivity index (χ3n) is 10.1. The summed E-state index contributed by atoms with van der Waals surface area (Å²) in [4.78, 5) is 45.0. The second kappa shape index (κ2) is 17.3. The number of fused-ring (bicyclic) bond motifs is 2. The first-order chi connectivity index (χ1) is 25.8. The van der Waals surface area contributed by atoms with Crippen LogP contribution in [0.1, 0.15) is 55.1 Å². The predicted octanol–water partition coefficient (Wildman–Crippen LogP) is 3.05. The Bertz CT molecular complexity index is 2060. The third-order valence-corrected chi connectivity index (χ3v) is 11.1. The van der Waals surface area contributed by atoms with Crippen LogP contribution in [0.2, 0.25) is 0 Å². The molecule has 0 spiro atoms. The molecule has 0 aliphatic carbocycles. The summed E-state index contributed by atoms with van der Waals surface area (Å²) < 4.78 is 23.5. The van der Waals surface area contributed by atoms with Gasteiger partial charge in [0.25, 0.3) is 0 Å². The lowest BCUT2D eigenvalue weighted by molar-refractivity contribution is -0.118. The number of carbonyl (C=O) groups is 1. The van der Waals surface area contributed by atoms with E-state index >= 15 is 0 Å². The van der Waals surface area contributed by atoms with Gasteiger partial charge in [0.15, 0.2) is 11.3 Å². The molecule has 54 heavy (non-hydrogen) atoms. The molecule has 2 saturated heterocycles. The number of nitrogens with zero attached hydrogens (tertiary/aromatic N) is 8. The number of piperidine rings is 2. The van der Waals surface area contributed by atoms with Crippen LogP contribution in [0.3, 0.4) is 0 Å². The largest absolute Gasteiger partial charge is 0.368 e. The summed E-state index contributed by atoms with van der Waals surface area (Å²) in [6.07, 6.45) is 5.20. The Labute approximate surface area is 318 Å². The molecule has 292 valence electrons. The van der Waals surface area contributed by atoms with Gasteiger partial charge in [0, 0.05) is 95.6 Å². The van der Waals surface area contributed by atoms with Crippen molar-refractivity contribution in [2.75, 3.05) is 92.2 Å². The molecule has 2 fully saturated rings. The van der Waals surface area contributed by atoms with Crippen molar-refractivity contribution in [2.45, 2.75) is 72.4 Å². The van der Waals surface area contributed by atoms with Crippen molar-refractivity contribution in [3.8, 4) is 0 Å². The maximum atomic E-state index is 11.7. The first kappa shape index (κ1) is 39.2. The molecule has 1 amide bonds. The molecule has 2 aliphatic rings. The lowest BCUT2D eigenvalue weighted by atomic mass is 10.0. The number of likely N-dealkylation sites (tertiary alicyclic amines) is 2. The fourth-order valence-corrected chi connectivity index (χ4v) is 7.84. The minimum Gasteiger partial charge on any atom is -0.368 e. The monoisotopic (exact) mass is 761 g/mol. The van der Waals surface area contributed by atoms with Crippen molar-refractivity contribution in [3.63, 3.8) is 0 Å². The van der Waals surface area contributed by atoms with Gasteiger partial charge in [0.1, 0.15) is 21.5 Å². The van der Waals surface area contributed by atoms with E-state index in [-0.39, 0.29) is 30.3 Å². The molecule has 6 rings (SSSR count). The molecule has 2 aliphatic heterocycles. The van der Waals surface area contributed by atoms with E-state index in [1.54, 1.807) is 0 Å². The van der Waals surface area contributed by atoms with Gasteiger partial charge in [0.05, 0.1) is 16.5 Å². The number of pyridine rings is 2. The molecule has 0 unspecified atom stereocenters. The lowest BCUT2D eigenvalue weighted by Crippen LogP contribution is -2.45. The highest BCUT2D eigenvalue weighted by Gasteiger charge is 2.24. The highest BCUT2D eigenvalue weighted by atomic mass is 32.2. The number of hydrogen-bond acceptors (Lipinski definition) is 15. The summed E-state index contributed by atoms with van der Waals surface area (Å²) in [5, 5.41) is 18.3. The van der Waals surface area contributed by atoms with E-state index in [2.05, 4.69) is 41.4 Å². The Kier molecular flexibility index (Phi) is 12.6. The average molecular weight is 762 g/mol. The van der Waals surface area contributed by atoms with Gasteiger partial charge in [-0.1, -0.05) is 0 Å². The van der Waals surface area contributed by atoms with Crippen LogP contribution in [0.25, 0.3) is 22.1 Å². The summed E-state index contributed by atoms with van der Waals surface area (Å²) >= 11 is 0. The van der Waals surface area contributed by atoms with Crippen LogP contribution in [0.4, 0.5) is 23.5 Å². The van der Waals surface area contributed by atoms with E-state index in [0.29, 0.717) is 42.1 Å². The van der Waals surface area contributed by atoms with Gasteiger partial charge in [-0.3, -0.25) is 4.79 Å². The van der Waals surface area contributed by atoms with Crippen LogP contribution in [-0.2, 0) is 14.6 Å². The molecule has 17 heteroatoms. The van der Waals surface area contributed by atoms with E-state index < -0.39 is 9.84 Å². The minimum atomic E-state index is -3.11. The third kappa shape index (κ3) is 10.6. The molecule has 0 bridgehead atoms. The quantitative estimate of drug-likeness (QED) is 0.111. The van der Waals surface area contributed by atoms with Crippen LogP contribution in [-0.4, -0.2) is 137 Å². The van der Waals surface area contributed by atoms with Crippen molar-refractivity contribution in [3.05, 3.63) is 34.6 Å². The van der Waals surface area contributed by atoms with Gasteiger partial charge in [-0.15, -0.1) is 0 Å². The van der Waals surface area contributed by atoms with E-state index in [9.17, 15) is 13.2 Å². The first-order valence-corrected chi connectivity index (χ1v) is 21.1. The minimum absolute atomic E-state index is 0.0210. The number of amides is 1. The summed E-state index contributed by atoms with van der Waals surface area (Å²) in [6, 6.07) is 4.54. The average Bonchev–Trinajstić information content (AvgIpc) is 3.09. The maximum absolute atomic E-state index is 11.7. The summed E-state index contributed by atoms with van der Waals surface area (Å²) in [5.74, 6) is 2.39. The van der Waals surface area contributed by atoms with Gasteiger partial charge in [-0.2, -0.15) is 19.9 Å². The van der Waals surface area contributed by atoms with Gasteiger partial charge in [0.2, 0.25) is 17.8 Å². The second-order valence-electron chi connectivity index (χ2n) is 14.8. The topological polar surface area (TPSA) is 195 Å². The zero-order valence-electron chi connectivity index (χ0n) is 32.4. The summed E-state index contributed by atoms with van der Waals surface area (Å²) in [5.41, 5.74) is 5.12. The smallest absolute Gasteiger partial charge is 0.226 e. The van der Waals surface area contributed by atoms with Crippen molar-refractivity contribution in [1.29, 1.82) is 0 Å². The fourth-order valence-electron chi connectivity index (χ4n) is 7.36. The van der Waals surface area contributed by atoms with Crippen LogP contribution in [0, 0.1) is 27.7 Å². The molecular weight excluding hydrogens is 707 g/mol. The highest BCUT2D eigenvalue weighted by Crippen LogP contribution is 2.28. The molecular formula is C37H55N13O3S. The van der Waals surface area contributed by atoms with Gasteiger partial charge in [-0.25, -0.2) is 18.4 Å². The maximum Gasteiger partial charge on any atom is 0.226 e. The van der Waals surface area contributed by atoms with Gasteiger partial charge in [-0.05, 0) is 76.6 Å². The zero-order valence-corrected chi connectivity index (χ0v) is 33.2. The number of aromatic nitrogens is 6. The van der Waals surface area contributed by atoms with Crippen LogP contribution < -0.4 is 26.6 Å². The Morgan fingerprint density at radius 1 is 0.685 bits per heavy atom. The molecule has 0 saturated carbocycles. The molecule has 0 aromatic carbocycles. The fraction of sp³-hybridized carbons (Fsp3) is 0.595. The van der Waals surface area contributed by atoms with E-state index in [1.165, 1.54) is 13.2 Å². The van der Waals surface area contributed by atoms with Crippen molar-refractivity contribution >= 4 is 61.3 Å². The number of anilines is 4. The predicted molar refractivity (Wildman–Crippen MR) is 215 cm³/mol. The summed E-state index contributed by atoms with van der Waals surface area (Å²) in [7, 11) is -3.11. The number of aryl methyl sites for hydroxylation is 4. The van der Waals surface area contributed by atoms with E-state index in [4.69, 9.17) is 24.9 Å². The molecule has 4 aromatic rings. The molecule has 16 nitrogen and oxygen atoms in total. The van der Waals surface area contributed by atoms with Crippen LogP contribution in [0.5, 0.6) is 0 Å². The number of sulfone groups is 1. The Morgan fingerprint density at radius 3 is 1.56 bits per heavy atom. The normalized spacial score (nSPS) is 16.5. The standard InChI is InChI=1S/C37H55N13O3S/c1-23-21-25(3)41-34-30(23)32(39-12-11-38-27(5)51)45-36(47-34)43-28-7-14-49(15-8-28)18-19-50-16-9-29(10-17-50)44-37-46-33(40-13-20-54(6,52)53)31-24(2)22-26(4)42-35(31)48-37/h21-22,28-29H,7-20H2,1-6H3,(H,38,51)(H2,39,41,43,45,47)(H2,40,42,44,46,48). The molecule has 5 N–H and O–H groups in total. The lowest BCUT2D eigenvalue weighted by Gasteiger charge is -2.36. The molecule has 0 atom stereocenters. The van der Waals surface area contributed by atoms with Crippen molar-refractivity contribution in [2.24, 2.45) is 0 Å². The van der Waals surface area contributed by atoms with Gasteiger partial charge >= 0.3 is 0 Å². The van der Waals surface area contributed by atoms with Gasteiger partial charge < -0.3 is 36.4 Å². The second-order valence-corrected chi connectivity index (χ2v) is 17.1. The number of rotatable bonds is 15. The van der Waals surface area contributed by atoms with Crippen molar-refractivity contribution in [1.82, 2.24) is 45.0 Å². The Balaban J connectivity index is 0.975. The number of carbonyl (C=O) groups excluding carboxylic acids is 1. The Morgan fingerprint density at radius 2 is 1.13 bits per heavy atom. The first-order valence-electron chi connectivity index (χ1n) is 19.0. The van der Waals surface area contributed by atoms with Crippen LogP contribution in [0.15, 0.2) is 12.1 Å². The number of hydrogen-bond donors (Lipinski definition) is 5. The number of nitrogens with one attached hydrogen (secondary N) is 5. The molecule has 0 radical (unpaired) electrons. The molecule has 4 aromatic heterocycles. The highest BCUT2D eigenvalue weighted by molar-refractivity contribution is 7.90. The molecule has 6 heterocycles. The van der Waals surface area contributed by atoms with E-state index in [0.717, 1.165) is 104 Å². The zero-order chi connectivity index (χ0) is 38.4.